The zero-order chi connectivity index (χ0) is 14.3. The minimum Gasteiger partial charge on any atom is -0.396 e. The highest BCUT2D eigenvalue weighted by molar-refractivity contribution is 5.75. The molecule has 0 aromatic rings. The second-order valence-electron chi connectivity index (χ2n) is 7.04. The maximum Gasteiger partial charge on any atom is 0.220 e. The summed E-state index contributed by atoms with van der Waals surface area (Å²) in [6.45, 7) is 0.892. The van der Waals surface area contributed by atoms with Gasteiger partial charge in [-0.25, -0.2) is 0 Å². The summed E-state index contributed by atoms with van der Waals surface area (Å²) in [5.41, 5.74) is -0.0290. The lowest BCUT2D eigenvalue weighted by Crippen LogP contribution is -2.41. The van der Waals surface area contributed by atoms with Crippen LogP contribution in [0.3, 0.4) is 0 Å². The molecule has 2 fully saturated rings. The third-order valence-electron chi connectivity index (χ3n) is 5.41. The molecule has 2 N–H and O–H groups in total. The van der Waals surface area contributed by atoms with Gasteiger partial charge in [0.05, 0.1) is 6.61 Å². The van der Waals surface area contributed by atoms with Crippen molar-refractivity contribution in [2.24, 2.45) is 11.3 Å². The fraction of sp³-hybridized carbons (Fsp3) is 0.941. The van der Waals surface area contributed by atoms with Gasteiger partial charge in [0, 0.05) is 18.4 Å². The van der Waals surface area contributed by atoms with E-state index >= 15 is 0 Å². The molecule has 116 valence electrons. The first-order valence-electron chi connectivity index (χ1n) is 8.62. The van der Waals surface area contributed by atoms with Crippen LogP contribution in [0.25, 0.3) is 0 Å². The third kappa shape index (κ3) is 4.76. The zero-order valence-corrected chi connectivity index (χ0v) is 12.8. The summed E-state index contributed by atoms with van der Waals surface area (Å²) in [6, 6.07) is 0. The predicted octanol–water partition coefficient (Wildman–Crippen LogP) is 3.41. The molecule has 0 bridgehead atoms. The SMILES string of the molecule is O=C(CCC1CCCCC1)NCC1(CO)CCCCC1. The van der Waals surface area contributed by atoms with E-state index in [1.54, 1.807) is 0 Å². The third-order valence-corrected chi connectivity index (χ3v) is 5.41. The first-order valence-corrected chi connectivity index (χ1v) is 8.62. The summed E-state index contributed by atoms with van der Waals surface area (Å²) >= 11 is 0. The van der Waals surface area contributed by atoms with Gasteiger partial charge in [0.15, 0.2) is 0 Å². The molecule has 0 aliphatic heterocycles. The maximum absolute atomic E-state index is 12.0. The second-order valence-corrected chi connectivity index (χ2v) is 7.04. The Bertz CT molecular complexity index is 291. The van der Waals surface area contributed by atoms with E-state index < -0.39 is 0 Å². The molecule has 0 unspecified atom stereocenters. The Kier molecular flexibility index (Phi) is 6.34. The van der Waals surface area contributed by atoms with Crippen molar-refractivity contribution < 1.29 is 9.90 Å². The summed E-state index contributed by atoms with van der Waals surface area (Å²) in [5.74, 6) is 0.963. The lowest BCUT2D eigenvalue weighted by molar-refractivity contribution is -0.122. The van der Waals surface area contributed by atoms with Crippen molar-refractivity contribution in [3.63, 3.8) is 0 Å². The van der Waals surface area contributed by atoms with Crippen LogP contribution in [0.4, 0.5) is 0 Å². The van der Waals surface area contributed by atoms with Crippen molar-refractivity contribution in [2.75, 3.05) is 13.2 Å². The number of amides is 1. The van der Waals surface area contributed by atoms with Crippen molar-refractivity contribution in [2.45, 2.75) is 77.0 Å². The van der Waals surface area contributed by atoms with Crippen LogP contribution >= 0.6 is 0 Å². The van der Waals surface area contributed by atoms with Crippen LogP contribution < -0.4 is 5.32 Å². The van der Waals surface area contributed by atoms with Crippen LogP contribution in [0.1, 0.15) is 77.0 Å². The maximum atomic E-state index is 12.0. The molecule has 3 heteroatoms. The highest BCUT2D eigenvalue weighted by atomic mass is 16.3. The Labute approximate surface area is 123 Å². The zero-order valence-electron chi connectivity index (χ0n) is 12.8. The fourth-order valence-electron chi connectivity index (χ4n) is 3.88. The molecule has 0 heterocycles. The van der Waals surface area contributed by atoms with Gasteiger partial charge in [-0.2, -0.15) is 0 Å². The van der Waals surface area contributed by atoms with Gasteiger partial charge in [-0.1, -0.05) is 51.4 Å². The van der Waals surface area contributed by atoms with Gasteiger partial charge in [-0.3, -0.25) is 4.79 Å². The van der Waals surface area contributed by atoms with E-state index in [0.717, 1.165) is 25.2 Å². The molecular formula is C17H31NO2. The standard InChI is InChI=1S/C17H31NO2/c19-14-17(11-5-2-6-12-17)13-18-16(20)10-9-15-7-3-1-4-8-15/h15,19H,1-14H2,(H,18,20). The Balaban J connectivity index is 1.65. The monoisotopic (exact) mass is 281 g/mol. The minimum absolute atomic E-state index is 0.0290. The van der Waals surface area contributed by atoms with Crippen LogP contribution in [0.15, 0.2) is 0 Å². The van der Waals surface area contributed by atoms with Gasteiger partial charge in [-0.05, 0) is 25.2 Å². The topological polar surface area (TPSA) is 49.3 Å². The summed E-state index contributed by atoms with van der Waals surface area (Å²) in [7, 11) is 0. The van der Waals surface area contributed by atoms with Crippen molar-refractivity contribution in [3.8, 4) is 0 Å². The minimum atomic E-state index is -0.0290. The average molecular weight is 281 g/mol. The molecular weight excluding hydrogens is 250 g/mol. The van der Waals surface area contributed by atoms with Gasteiger partial charge >= 0.3 is 0 Å². The molecule has 20 heavy (non-hydrogen) atoms. The molecule has 2 aliphatic rings. The fourth-order valence-corrected chi connectivity index (χ4v) is 3.88. The van der Waals surface area contributed by atoms with Crippen molar-refractivity contribution in [1.29, 1.82) is 0 Å². The second kappa shape index (κ2) is 8.02. The summed E-state index contributed by atoms with van der Waals surface area (Å²) < 4.78 is 0. The van der Waals surface area contributed by atoms with E-state index in [2.05, 4.69) is 5.32 Å². The molecule has 2 rings (SSSR count). The molecule has 0 aromatic carbocycles. The lowest BCUT2D eigenvalue weighted by Gasteiger charge is -2.35. The highest BCUT2D eigenvalue weighted by Crippen LogP contribution is 2.35. The van der Waals surface area contributed by atoms with Crippen molar-refractivity contribution in [1.82, 2.24) is 5.32 Å². The predicted molar refractivity (Wildman–Crippen MR) is 81.4 cm³/mol. The molecule has 0 atom stereocenters. The van der Waals surface area contributed by atoms with Crippen molar-refractivity contribution in [3.05, 3.63) is 0 Å². The first-order chi connectivity index (χ1) is 9.74. The van der Waals surface area contributed by atoms with E-state index in [0.29, 0.717) is 13.0 Å². The number of hydrogen-bond acceptors (Lipinski definition) is 2. The molecule has 0 aromatic heterocycles. The first kappa shape index (κ1) is 15.8. The molecule has 2 saturated carbocycles. The summed E-state index contributed by atoms with van der Waals surface area (Å²) in [6.07, 6.45) is 14.2. The van der Waals surface area contributed by atoms with Gasteiger partial charge in [0.1, 0.15) is 0 Å². The quantitative estimate of drug-likeness (QED) is 0.784. The molecule has 2 aliphatic carbocycles. The average Bonchev–Trinajstić information content (AvgIpc) is 2.53. The van der Waals surface area contributed by atoms with Crippen LogP contribution in [-0.4, -0.2) is 24.2 Å². The molecule has 1 amide bonds. The van der Waals surface area contributed by atoms with E-state index in [-0.39, 0.29) is 17.9 Å². The van der Waals surface area contributed by atoms with E-state index in [1.165, 1.54) is 51.4 Å². The Morgan fingerprint density at radius 3 is 2.35 bits per heavy atom. The van der Waals surface area contributed by atoms with E-state index in [9.17, 15) is 9.90 Å². The summed E-state index contributed by atoms with van der Waals surface area (Å²) in [4.78, 5) is 12.0. The smallest absolute Gasteiger partial charge is 0.220 e. The molecule has 0 radical (unpaired) electrons. The number of carbonyl (C=O) groups is 1. The van der Waals surface area contributed by atoms with Crippen LogP contribution in [0, 0.1) is 11.3 Å². The van der Waals surface area contributed by atoms with Crippen LogP contribution in [-0.2, 0) is 4.79 Å². The summed E-state index contributed by atoms with van der Waals surface area (Å²) in [5, 5.41) is 12.7. The van der Waals surface area contributed by atoms with Crippen molar-refractivity contribution >= 4 is 5.91 Å². The Morgan fingerprint density at radius 2 is 1.70 bits per heavy atom. The normalized spacial score (nSPS) is 23.4. The van der Waals surface area contributed by atoms with E-state index in [4.69, 9.17) is 0 Å². The van der Waals surface area contributed by atoms with Gasteiger partial charge in [-0.15, -0.1) is 0 Å². The Hall–Kier alpha value is -0.570. The van der Waals surface area contributed by atoms with Crippen LogP contribution in [0.2, 0.25) is 0 Å². The number of nitrogens with one attached hydrogen (secondary N) is 1. The van der Waals surface area contributed by atoms with Gasteiger partial charge < -0.3 is 10.4 Å². The lowest BCUT2D eigenvalue weighted by atomic mass is 9.74. The highest BCUT2D eigenvalue weighted by Gasteiger charge is 2.31. The number of aliphatic hydroxyl groups is 1. The van der Waals surface area contributed by atoms with Crippen LogP contribution in [0.5, 0.6) is 0 Å². The number of rotatable bonds is 6. The largest absolute Gasteiger partial charge is 0.396 e. The molecule has 0 saturated heterocycles. The molecule has 3 nitrogen and oxygen atoms in total. The number of hydrogen-bond donors (Lipinski definition) is 2. The molecule has 0 spiro atoms. The van der Waals surface area contributed by atoms with E-state index in [1.807, 2.05) is 0 Å². The number of carbonyl (C=O) groups excluding carboxylic acids is 1. The van der Waals surface area contributed by atoms with Gasteiger partial charge in [0.25, 0.3) is 0 Å². The number of aliphatic hydroxyl groups excluding tert-OH is 1. The Morgan fingerprint density at radius 1 is 1.05 bits per heavy atom. The van der Waals surface area contributed by atoms with Gasteiger partial charge in [0.2, 0.25) is 5.91 Å².